The van der Waals surface area contributed by atoms with E-state index in [1.54, 1.807) is 0 Å². The molecule has 0 heterocycles. The first-order valence-corrected chi connectivity index (χ1v) is 23.8. The summed E-state index contributed by atoms with van der Waals surface area (Å²) in [6.07, 6.45) is 0. The molecular formula is C68H47N. The van der Waals surface area contributed by atoms with Gasteiger partial charge in [-0.15, -0.1) is 0 Å². The normalized spacial score (nSPS) is 11.2. The lowest BCUT2D eigenvalue weighted by Gasteiger charge is -2.31. The molecule has 0 N–H and O–H groups in total. The van der Waals surface area contributed by atoms with Crippen molar-refractivity contribution < 1.29 is 0 Å². The number of benzene rings is 12. The van der Waals surface area contributed by atoms with E-state index < -0.39 is 0 Å². The van der Waals surface area contributed by atoms with Crippen LogP contribution in [-0.2, 0) is 0 Å². The van der Waals surface area contributed by atoms with E-state index in [4.69, 9.17) is 0 Å². The maximum absolute atomic E-state index is 2.51. The molecule has 0 spiro atoms. The van der Waals surface area contributed by atoms with Crippen molar-refractivity contribution in [3.8, 4) is 77.9 Å². The van der Waals surface area contributed by atoms with Crippen LogP contribution in [0.5, 0.6) is 0 Å². The van der Waals surface area contributed by atoms with Gasteiger partial charge in [-0.25, -0.2) is 0 Å². The first-order chi connectivity index (χ1) is 34.3. The van der Waals surface area contributed by atoms with Crippen LogP contribution in [0.25, 0.3) is 99.4 Å². The molecule has 0 unspecified atom stereocenters. The SMILES string of the molecule is c1ccc(-c2ccc(N(c3ccc(-c4cccc(-c5ccccc5)c4-c4ccccc4)cc3)c3cccc4c(-c5ccccc5)c(-c5ccccc5)c5ccccc5c34)c(-c3ccccc3)c2)cc1. The lowest BCUT2D eigenvalue weighted by molar-refractivity contribution is 1.30. The molecule has 0 aliphatic rings. The van der Waals surface area contributed by atoms with Crippen molar-refractivity contribution in [2.45, 2.75) is 0 Å². The molecule has 69 heavy (non-hydrogen) atoms. The topological polar surface area (TPSA) is 3.24 Å². The Kier molecular flexibility index (Phi) is 11.0. The largest absolute Gasteiger partial charge is 0.309 e. The maximum atomic E-state index is 2.51. The average Bonchev–Trinajstić information content (AvgIpc) is 3.44. The monoisotopic (exact) mass is 877 g/mol. The molecular weight excluding hydrogens is 831 g/mol. The molecule has 0 aliphatic carbocycles. The number of hydrogen-bond donors (Lipinski definition) is 0. The second-order valence-corrected chi connectivity index (χ2v) is 17.5. The van der Waals surface area contributed by atoms with Gasteiger partial charge < -0.3 is 4.90 Å². The molecule has 0 radical (unpaired) electrons. The second-order valence-electron chi connectivity index (χ2n) is 17.5. The predicted octanol–water partition coefficient (Wildman–Crippen LogP) is 19.1. The van der Waals surface area contributed by atoms with E-state index >= 15 is 0 Å². The quantitative estimate of drug-likeness (QED) is 0.124. The van der Waals surface area contributed by atoms with E-state index in [1.165, 1.54) is 82.7 Å². The zero-order chi connectivity index (χ0) is 45.9. The summed E-state index contributed by atoms with van der Waals surface area (Å²) in [7, 11) is 0. The molecule has 0 bridgehead atoms. The number of anilines is 3. The van der Waals surface area contributed by atoms with Gasteiger partial charge in [0.1, 0.15) is 0 Å². The summed E-state index contributed by atoms with van der Waals surface area (Å²) < 4.78 is 0. The molecule has 12 aromatic carbocycles. The van der Waals surface area contributed by atoms with Gasteiger partial charge in [0, 0.05) is 16.6 Å². The molecule has 1 heteroatoms. The molecule has 0 saturated carbocycles. The standard InChI is InChI=1S/C68H47N/c1-7-23-48(24-8-1)55-43-46-63(62(47-55)50-27-11-3-12-28-50)69(56-44-41-51(42-45-56)58-38-21-37-57(49-25-9-2-10-26-49)65(58)52-29-13-4-14-30-52)64-40-22-39-61-67(54-33-17-6-18-34-54)66(53-31-15-5-16-32-53)59-35-19-20-36-60(59)68(61)64/h1-47H. The summed E-state index contributed by atoms with van der Waals surface area (Å²) in [5.74, 6) is 0. The second kappa shape index (κ2) is 18.3. The molecule has 12 rings (SSSR count). The summed E-state index contributed by atoms with van der Waals surface area (Å²) in [5, 5.41) is 4.82. The predicted molar refractivity (Wildman–Crippen MR) is 294 cm³/mol. The van der Waals surface area contributed by atoms with E-state index in [0.29, 0.717) is 0 Å². The van der Waals surface area contributed by atoms with Crippen molar-refractivity contribution in [1.82, 2.24) is 0 Å². The zero-order valence-electron chi connectivity index (χ0n) is 38.1. The summed E-state index contributed by atoms with van der Waals surface area (Å²) in [4.78, 5) is 2.51. The Morgan fingerprint density at radius 3 is 1.14 bits per heavy atom. The number of fused-ring (bicyclic) bond motifs is 3. The van der Waals surface area contributed by atoms with E-state index in [9.17, 15) is 0 Å². The molecule has 0 saturated heterocycles. The van der Waals surface area contributed by atoms with Crippen LogP contribution in [-0.4, -0.2) is 0 Å². The molecule has 1 nitrogen and oxygen atoms in total. The molecule has 0 fully saturated rings. The van der Waals surface area contributed by atoms with Crippen LogP contribution in [0.3, 0.4) is 0 Å². The van der Waals surface area contributed by atoms with Crippen molar-refractivity contribution >= 4 is 38.6 Å². The first-order valence-electron chi connectivity index (χ1n) is 23.8. The fourth-order valence-corrected chi connectivity index (χ4v) is 10.4. The molecule has 0 amide bonds. The Morgan fingerprint density at radius 1 is 0.203 bits per heavy atom. The van der Waals surface area contributed by atoms with Crippen LogP contribution >= 0.6 is 0 Å². The van der Waals surface area contributed by atoms with E-state index in [0.717, 1.165) is 33.8 Å². The molecule has 12 aromatic rings. The minimum atomic E-state index is 1.06. The van der Waals surface area contributed by atoms with Gasteiger partial charge in [0.05, 0.1) is 11.4 Å². The minimum Gasteiger partial charge on any atom is -0.309 e. The van der Waals surface area contributed by atoms with Crippen LogP contribution in [0.2, 0.25) is 0 Å². The third-order valence-electron chi connectivity index (χ3n) is 13.5. The van der Waals surface area contributed by atoms with E-state index in [2.05, 4.69) is 290 Å². The number of rotatable bonds is 10. The van der Waals surface area contributed by atoms with Crippen molar-refractivity contribution in [1.29, 1.82) is 0 Å². The van der Waals surface area contributed by atoms with Gasteiger partial charge in [-0.2, -0.15) is 0 Å². The smallest absolute Gasteiger partial charge is 0.0546 e. The van der Waals surface area contributed by atoms with Gasteiger partial charge in [-0.3, -0.25) is 0 Å². The van der Waals surface area contributed by atoms with Crippen LogP contribution < -0.4 is 4.90 Å². The van der Waals surface area contributed by atoms with Gasteiger partial charge in [0.2, 0.25) is 0 Å². The van der Waals surface area contributed by atoms with Crippen LogP contribution in [0.15, 0.2) is 285 Å². The Bertz CT molecular complexity index is 3720. The molecule has 0 aliphatic heterocycles. The Balaban J connectivity index is 1.14. The number of hydrogen-bond acceptors (Lipinski definition) is 1. The van der Waals surface area contributed by atoms with Crippen molar-refractivity contribution in [3.63, 3.8) is 0 Å². The van der Waals surface area contributed by atoms with Gasteiger partial charge in [-0.1, -0.05) is 255 Å². The van der Waals surface area contributed by atoms with Crippen molar-refractivity contribution in [3.05, 3.63) is 285 Å². The van der Waals surface area contributed by atoms with Gasteiger partial charge >= 0.3 is 0 Å². The highest BCUT2D eigenvalue weighted by Crippen LogP contribution is 2.51. The fourth-order valence-electron chi connectivity index (χ4n) is 10.4. The van der Waals surface area contributed by atoms with Crippen molar-refractivity contribution in [2.75, 3.05) is 4.90 Å². The van der Waals surface area contributed by atoms with Gasteiger partial charge in [0.25, 0.3) is 0 Å². The Morgan fingerprint density at radius 2 is 0.594 bits per heavy atom. The first kappa shape index (κ1) is 41.4. The zero-order valence-corrected chi connectivity index (χ0v) is 38.1. The van der Waals surface area contributed by atoms with Crippen LogP contribution in [0.1, 0.15) is 0 Å². The molecule has 0 aromatic heterocycles. The highest BCUT2D eigenvalue weighted by Gasteiger charge is 2.25. The maximum Gasteiger partial charge on any atom is 0.0546 e. The Hall–Kier alpha value is -9.04. The highest BCUT2D eigenvalue weighted by molar-refractivity contribution is 6.25. The van der Waals surface area contributed by atoms with Crippen molar-refractivity contribution in [2.24, 2.45) is 0 Å². The van der Waals surface area contributed by atoms with Gasteiger partial charge in [0.15, 0.2) is 0 Å². The van der Waals surface area contributed by atoms with E-state index in [-0.39, 0.29) is 0 Å². The fraction of sp³-hybridized carbons (Fsp3) is 0. The van der Waals surface area contributed by atoms with Crippen LogP contribution in [0, 0.1) is 0 Å². The van der Waals surface area contributed by atoms with E-state index in [1.807, 2.05) is 0 Å². The summed E-state index contributed by atoms with van der Waals surface area (Å²) in [6.45, 7) is 0. The Labute approximate surface area is 404 Å². The minimum absolute atomic E-state index is 1.06. The third kappa shape index (κ3) is 7.76. The van der Waals surface area contributed by atoms with Gasteiger partial charge in [-0.05, 0) is 119 Å². The number of nitrogens with zero attached hydrogens (tertiary/aromatic N) is 1. The summed E-state index contributed by atoms with van der Waals surface area (Å²) >= 11 is 0. The lowest BCUT2D eigenvalue weighted by atomic mass is 9.84. The summed E-state index contributed by atoms with van der Waals surface area (Å²) in [5.41, 5.74) is 19.9. The summed E-state index contributed by atoms with van der Waals surface area (Å²) in [6, 6.07) is 104. The lowest BCUT2D eigenvalue weighted by Crippen LogP contribution is -2.12. The molecule has 324 valence electrons. The average molecular weight is 878 g/mol. The third-order valence-corrected chi connectivity index (χ3v) is 13.5. The molecule has 0 atom stereocenters. The van der Waals surface area contributed by atoms with Crippen LogP contribution in [0.4, 0.5) is 17.1 Å². The highest BCUT2D eigenvalue weighted by atomic mass is 15.1.